The van der Waals surface area contributed by atoms with Crippen molar-refractivity contribution in [2.24, 2.45) is 0 Å². The zero-order valence-electron chi connectivity index (χ0n) is 7.94. The number of nitrogens with zero attached hydrogens (tertiary/aromatic N) is 3. The fourth-order valence-corrected chi connectivity index (χ4v) is 1.23. The van der Waals surface area contributed by atoms with Crippen molar-refractivity contribution in [3.8, 4) is 5.69 Å². The maximum absolute atomic E-state index is 12.4. The van der Waals surface area contributed by atoms with Crippen LogP contribution in [0.5, 0.6) is 0 Å². The first-order chi connectivity index (χ1) is 7.47. The van der Waals surface area contributed by atoms with Crippen molar-refractivity contribution in [3.63, 3.8) is 0 Å². The number of alkyl halides is 3. The fourth-order valence-electron chi connectivity index (χ4n) is 1.23. The predicted molar refractivity (Wildman–Crippen MR) is 50.8 cm³/mol. The van der Waals surface area contributed by atoms with Crippen molar-refractivity contribution in [1.82, 2.24) is 14.8 Å². The number of halogens is 3. The van der Waals surface area contributed by atoms with Gasteiger partial charge in [-0.15, -0.1) is 5.10 Å². The summed E-state index contributed by atoms with van der Waals surface area (Å²) in [5.74, 6) is 0.0115. The Morgan fingerprint density at radius 1 is 1.25 bits per heavy atom. The van der Waals surface area contributed by atoms with E-state index in [1.165, 1.54) is 23.1 Å². The molecule has 2 rings (SSSR count). The number of nitrogens with two attached hydrogens (primary N) is 1. The second-order valence-electron chi connectivity index (χ2n) is 3.10. The van der Waals surface area contributed by atoms with Crippen molar-refractivity contribution >= 4 is 5.95 Å². The van der Waals surface area contributed by atoms with Gasteiger partial charge in [-0.1, -0.05) is 6.07 Å². The van der Waals surface area contributed by atoms with Gasteiger partial charge in [0.15, 0.2) is 0 Å². The highest BCUT2D eigenvalue weighted by Crippen LogP contribution is 2.30. The summed E-state index contributed by atoms with van der Waals surface area (Å²) >= 11 is 0. The Bertz CT molecular complexity index is 503. The molecule has 16 heavy (non-hydrogen) atoms. The van der Waals surface area contributed by atoms with Gasteiger partial charge >= 0.3 is 6.18 Å². The average Bonchev–Trinajstić information content (AvgIpc) is 2.64. The summed E-state index contributed by atoms with van der Waals surface area (Å²) in [5, 5.41) is 3.72. The van der Waals surface area contributed by atoms with Crippen LogP contribution in [0.25, 0.3) is 5.69 Å². The fraction of sp³-hybridized carbons (Fsp3) is 0.111. The van der Waals surface area contributed by atoms with Crippen molar-refractivity contribution < 1.29 is 13.2 Å². The van der Waals surface area contributed by atoms with Crippen LogP contribution < -0.4 is 5.73 Å². The molecule has 0 spiro atoms. The topological polar surface area (TPSA) is 56.7 Å². The molecule has 0 saturated heterocycles. The zero-order valence-corrected chi connectivity index (χ0v) is 7.94. The molecular formula is C9H7F3N4. The molecule has 0 bridgehead atoms. The van der Waals surface area contributed by atoms with E-state index < -0.39 is 11.7 Å². The summed E-state index contributed by atoms with van der Waals surface area (Å²) in [4.78, 5) is 3.63. The lowest BCUT2D eigenvalue weighted by Gasteiger charge is -2.07. The monoisotopic (exact) mass is 228 g/mol. The summed E-state index contributed by atoms with van der Waals surface area (Å²) in [7, 11) is 0. The van der Waals surface area contributed by atoms with Crippen molar-refractivity contribution in [1.29, 1.82) is 0 Å². The highest BCUT2D eigenvalue weighted by atomic mass is 19.4. The molecular weight excluding hydrogens is 221 g/mol. The van der Waals surface area contributed by atoms with Gasteiger partial charge in [0, 0.05) is 0 Å². The Kier molecular flexibility index (Phi) is 2.30. The minimum atomic E-state index is -4.37. The lowest BCUT2D eigenvalue weighted by molar-refractivity contribution is -0.137. The Hall–Kier alpha value is -2.05. The van der Waals surface area contributed by atoms with Crippen LogP contribution in [0.4, 0.5) is 19.1 Å². The van der Waals surface area contributed by atoms with Crippen LogP contribution in [0.1, 0.15) is 5.56 Å². The molecule has 1 heterocycles. The largest absolute Gasteiger partial charge is 0.416 e. The summed E-state index contributed by atoms with van der Waals surface area (Å²) in [6.07, 6.45) is -3.12. The second-order valence-corrected chi connectivity index (χ2v) is 3.10. The number of rotatable bonds is 1. The van der Waals surface area contributed by atoms with Gasteiger partial charge in [-0.05, 0) is 18.2 Å². The van der Waals surface area contributed by atoms with Gasteiger partial charge in [0.05, 0.1) is 11.3 Å². The Morgan fingerprint density at radius 3 is 2.56 bits per heavy atom. The Labute approximate surface area is 88.5 Å². The van der Waals surface area contributed by atoms with E-state index in [1.54, 1.807) is 0 Å². The zero-order chi connectivity index (χ0) is 11.8. The molecule has 0 fully saturated rings. The number of aromatic nitrogens is 3. The Balaban J connectivity index is 2.44. The smallest absolute Gasteiger partial charge is 0.366 e. The third-order valence-corrected chi connectivity index (χ3v) is 1.95. The number of nitrogen functional groups attached to an aromatic ring is 1. The molecule has 0 unspecified atom stereocenters. The first-order valence-electron chi connectivity index (χ1n) is 4.31. The molecule has 1 aromatic carbocycles. The van der Waals surface area contributed by atoms with Crippen LogP contribution in [-0.2, 0) is 6.18 Å². The van der Waals surface area contributed by atoms with Gasteiger partial charge < -0.3 is 5.73 Å². The number of anilines is 1. The quantitative estimate of drug-likeness (QED) is 0.810. The van der Waals surface area contributed by atoms with E-state index in [0.29, 0.717) is 0 Å². The van der Waals surface area contributed by atoms with Gasteiger partial charge in [0.1, 0.15) is 6.33 Å². The Morgan fingerprint density at radius 2 is 2.00 bits per heavy atom. The van der Waals surface area contributed by atoms with E-state index in [1.807, 2.05) is 0 Å². The summed E-state index contributed by atoms with van der Waals surface area (Å²) in [5.41, 5.74) is 4.80. The third kappa shape index (κ3) is 1.97. The number of hydrogen-bond donors (Lipinski definition) is 1. The minimum absolute atomic E-state index is 0.0115. The molecule has 0 aliphatic carbocycles. The minimum Gasteiger partial charge on any atom is -0.366 e. The molecule has 84 valence electrons. The van der Waals surface area contributed by atoms with Crippen LogP contribution in [0.2, 0.25) is 0 Å². The SMILES string of the molecule is Nc1ncn(-c2cccc(C(F)(F)F)c2)n1. The molecule has 0 atom stereocenters. The van der Waals surface area contributed by atoms with Gasteiger partial charge in [-0.3, -0.25) is 0 Å². The van der Waals surface area contributed by atoms with E-state index >= 15 is 0 Å². The van der Waals surface area contributed by atoms with E-state index in [0.717, 1.165) is 12.1 Å². The van der Waals surface area contributed by atoms with E-state index in [-0.39, 0.29) is 11.6 Å². The second kappa shape index (κ2) is 3.51. The standard InChI is InChI=1S/C9H7F3N4/c10-9(11,12)6-2-1-3-7(4-6)16-5-14-8(13)15-16/h1-5H,(H2,13,15). The lowest BCUT2D eigenvalue weighted by atomic mass is 10.2. The molecule has 0 amide bonds. The lowest BCUT2D eigenvalue weighted by Crippen LogP contribution is -2.06. The van der Waals surface area contributed by atoms with E-state index in [2.05, 4.69) is 10.1 Å². The van der Waals surface area contributed by atoms with Crippen molar-refractivity contribution in [2.45, 2.75) is 6.18 Å². The van der Waals surface area contributed by atoms with E-state index in [9.17, 15) is 13.2 Å². The summed E-state index contributed by atoms with van der Waals surface area (Å²) in [6, 6.07) is 4.76. The van der Waals surface area contributed by atoms with Gasteiger partial charge in [0.2, 0.25) is 5.95 Å². The molecule has 2 N–H and O–H groups in total. The van der Waals surface area contributed by atoms with Crippen molar-refractivity contribution in [3.05, 3.63) is 36.2 Å². The molecule has 0 aliphatic heterocycles. The highest BCUT2D eigenvalue weighted by molar-refractivity contribution is 5.36. The van der Waals surface area contributed by atoms with Crippen LogP contribution in [0, 0.1) is 0 Å². The predicted octanol–water partition coefficient (Wildman–Crippen LogP) is 1.87. The van der Waals surface area contributed by atoms with Crippen LogP contribution in [0.3, 0.4) is 0 Å². The van der Waals surface area contributed by atoms with Crippen LogP contribution in [0.15, 0.2) is 30.6 Å². The first kappa shape index (κ1) is 10.5. The summed E-state index contributed by atoms with van der Waals surface area (Å²) in [6.45, 7) is 0. The number of benzene rings is 1. The van der Waals surface area contributed by atoms with Crippen molar-refractivity contribution in [2.75, 3.05) is 5.73 Å². The third-order valence-electron chi connectivity index (χ3n) is 1.95. The molecule has 1 aromatic heterocycles. The van der Waals surface area contributed by atoms with Crippen LogP contribution in [-0.4, -0.2) is 14.8 Å². The molecule has 0 aliphatic rings. The molecule has 2 aromatic rings. The maximum Gasteiger partial charge on any atom is 0.416 e. The van der Waals surface area contributed by atoms with Gasteiger partial charge in [-0.25, -0.2) is 9.67 Å². The van der Waals surface area contributed by atoms with Crippen LogP contribution >= 0.6 is 0 Å². The highest BCUT2D eigenvalue weighted by Gasteiger charge is 2.30. The molecule has 7 heteroatoms. The average molecular weight is 228 g/mol. The summed E-state index contributed by atoms with van der Waals surface area (Å²) < 4.78 is 38.4. The maximum atomic E-state index is 12.4. The molecule has 0 saturated carbocycles. The normalized spacial score (nSPS) is 11.7. The van der Waals surface area contributed by atoms with Gasteiger partial charge in [-0.2, -0.15) is 13.2 Å². The van der Waals surface area contributed by atoms with E-state index in [4.69, 9.17) is 5.73 Å². The number of hydrogen-bond acceptors (Lipinski definition) is 3. The van der Waals surface area contributed by atoms with Gasteiger partial charge in [0.25, 0.3) is 0 Å². The molecule has 4 nitrogen and oxygen atoms in total. The first-order valence-corrected chi connectivity index (χ1v) is 4.31. The molecule has 0 radical (unpaired) electrons.